The van der Waals surface area contributed by atoms with Crippen molar-refractivity contribution >= 4 is 6.09 Å². The third-order valence-electron chi connectivity index (χ3n) is 4.10. The van der Waals surface area contributed by atoms with Crippen molar-refractivity contribution in [1.82, 2.24) is 9.80 Å². The summed E-state index contributed by atoms with van der Waals surface area (Å²) >= 11 is 0. The molecule has 0 aromatic heterocycles. The van der Waals surface area contributed by atoms with Gasteiger partial charge in [0.15, 0.2) is 0 Å². The Morgan fingerprint density at radius 1 is 1.42 bits per heavy atom. The molecule has 0 unspecified atom stereocenters. The van der Waals surface area contributed by atoms with Gasteiger partial charge in [-0.25, -0.2) is 4.79 Å². The van der Waals surface area contributed by atoms with E-state index in [0.29, 0.717) is 13.1 Å². The van der Waals surface area contributed by atoms with Crippen LogP contribution in [0.5, 0.6) is 0 Å². The van der Waals surface area contributed by atoms with Gasteiger partial charge in [-0.1, -0.05) is 30.3 Å². The van der Waals surface area contributed by atoms with Crippen molar-refractivity contribution < 1.29 is 9.90 Å². The lowest BCUT2D eigenvalue weighted by Gasteiger charge is -2.36. The van der Waals surface area contributed by atoms with Gasteiger partial charge in [0.1, 0.15) is 6.04 Å². The summed E-state index contributed by atoms with van der Waals surface area (Å²) in [7, 11) is 0. The van der Waals surface area contributed by atoms with Crippen LogP contribution in [-0.4, -0.2) is 45.7 Å². The number of carbonyl (C=O) groups is 1. The number of benzene rings is 1. The molecule has 1 N–H and O–H groups in total. The first-order valence-electron chi connectivity index (χ1n) is 6.39. The van der Waals surface area contributed by atoms with Gasteiger partial charge in [0.25, 0.3) is 0 Å². The molecule has 3 rings (SSSR count). The number of hydrogen-bond acceptors (Lipinski definition) is 3. The van der Waals surface area contributed by atoms with Gasteiger partial charge < -0.3 is 10.0 Å². The molecule has 2 fully saturated rings. The topological polar surface area (TPSA) is 67.6 Å². The zero-order valence-corrected chi connectivity index (χ0v) is 10.4. The second-order valence-electron chi connectivity index (χ2n) is 5.12. The first-order valence-corrected chi connectivity index (χ1v) is 6.39. The smallest absolute Gasteiger partial charge is 0.407 e. The number of rotatable bonds is 2. The minimum atomic E-state index is -0.910. The number of hydrogen-bond donors (Lipinski definition) is 1. The lowest BCUT2D eigenvalue weighted by Crippen LogP contribution is -2.53. The van der Waals surface area contributed by atoms with E-state index in [0.717, 1.165) is 12.0 Å². The van der Waals surface area contributed by atoms with Crippen LogP contribution in [0.2, 0.25) is 0 Å². The number of fused-ring (bicyclic) bond motifs is 2. The summed E-state index contributed by atoms with van der Waals surface area (Å²) in [5, 5.41) is 18.4. The van der Waals surface area contributed by atoms with E-state index in [-0.39, 0.29) is 18.1 Å². The van der Waals surface area contributed by atoms with E-state index in [9.17, 15) is 10.1 Å². The van der Waals surface area contributed by atoms with Gasteiger partial charge in [-0.2, -0.15) is 5.26 Å². The lowest BCUT2D eigenvalue weighted by molar-refractivity contribution is 0.0805. The van der Waals surface area contributed by atoms with Gasteiger partial charge in [-0.3, -0.25) is 4.90 Å². The highest BCUT2D eigenvalue weighted by Gasteiger charge is 2.52. The highest BCUT2D eigenvalue weighted by Crippen LogP contribution is 2.36. The Hall–Kier alpha value is -2.06. The van der Waals surface area contributed by atoms with E-state index in [1.54, 1.807) is 0 Å². The summed E-state index contributed by atoms with van der Waals surface area (Å²) in [6, 6.07) is 12.0. The van der Waals surface area contributed by atoms with Crippen LogP contribution in [0, 0.1) is 11.3 Å². The summed E-state index contributed by atoms with van der Waals surface area (Å²) in [6.07, 6.45) is -0.135. The first kappa shape index (κ1) is 12.0. The number of nitriles is 1. The molecule has 1 aromatic rings. The van der Waals surface area contributed by atoms with Crippen LogP contribution >= 0.6 is 0 Å². The Kier molecular flexibility index (Phi) is 2.88. The highest BCUT2D eigenvalue weighted by atomic mass is 16.4. The molecule has 2 aliphatic rings. The van der Waals surface area contributed by atoms with Crippen molar-refractivity contribution in [3.05, 3.63) is 35.9 Å². The Balaban J connectivity index is 1.78. The molecule has 98 valence electrons. The maximum atomic E-state index is 11.1. The van der Waals surface area contributed by atoms with Crippen molar-refractivity contribution in [1.29, 1.82) is 5.26 Å². The van der Waals surface area contributed by atoms with Crippen LogP contribution in [0.4, 0.5) is 4.79 Å². The molecule has 1 aromatic carbocycles. The van der Waals surface area contributed by atoms with Crippen molar-refractivity contribution in [2.45, 2.75) is 31.1 Å². The van der Waals surface area contributed by atoms with Gasteiger partial charge in [-0.15, -0.1) is 0 Å². The van der Waals surface area contributed by atoms with Gasteiger partial charge in [-0.05, 0) is 12.0 Å². The van der Waals surface area contributed by atoms with E-state index < -0.39 is 6.09 Å². The Bertz CT molecular complexity index is 525. The molecular formula is C14H15N3O2. The average molecular weight is 257 g/mol. The molecule has 0 aliphatic carbocycles. The molecule has 2 heterocycles. The van der Waals surface area contributed by atoms with Crippen LogP contribution in [0.25, 0.3) is 0 Å². The van der Waals surface area contributed by atoms with Crippen LogP contribution < -0.4 is 0 Å². The van der Waals surface area contributed by atoms with Crippen LogP contribution in [-0.2, 0) is 6.54 Å². The number of likely N-dealkylation sites (tertiary alicyclic amines) is 2. The Labute approximate surface area is 111 Å². The summed E-state index contributed by atoms with van der Waals surface area (Å²) in [6.45, 7) is 1.23. The van der Waals surface area contributed by atoms with Crippen molar-refractivity contribution in [3.63, 3.8) is 0 Å². The molecule has 5 nitrogen and oxygen atoms in total. The number of carboxylic acid groups (broad SMARTS) is 1. The first-order chi connectivity index (χ1) is 9.20. The second kappa shape index (κ2) is 4.56. The summed E-state index contributed by atoms with van der Waals surface area (Å²) in [5.74, 6) is 0. The third kappa shape index (κ3) is 1.94. The van der Waals surface area contributed by atoms with Crippen LogP contribution in [0.3, 0.4) is 0 Å². The van der Waals surface area contributed by atoms with Gasteiger partial charge >= 0.3 is 6.09 Å². The molecule has 19 heavy (non-hydrogen) atoms. The molecule has 2 saturated heterocycles. The molecule has 1 amide bonds. The van der Waals surface area contributed by atoms with Crippen molar-refractivity contribution in [3.8, 4) is 6.07 Å². The predicted molar refractivity (Wildman–Crippen MR) is 68.3 cm³/mol. The van der Waals surface area contributed by atoms with E-state index in [1.165, 1.54) is 4.90 Å². The molecule has 5 heteroatoms. The fraction of sp³-hybridized carbons (Fsp3) is 0.429. The second-order valence-corrected chi connectivity index (χ2v) is 5.12. The predicted octanol–water partition coefficient (Wildman–Crippen LogP) is 1.52. The largest absolute Gasteiger partial charge is 0.465 e. The maximum Gasteiger partial charge on any atom is 0.407 e. The molecule has 0 saturated carbocycles. The van der Waals surface area contributed by atoms with E-state index in [4.69, 9.17) is 5.11 Å². The normalized spacial score (nSPS) is 29.4. The van der Waals surface area contributed by atoms with E-state index in [2.05, 4.69) is 11.0 Å². The molecule has 0 radical (unpaired) electrons. The minimum Gasteiger partial charge on any atom is -0.465 e. The van der Waals surface area contributed by atoms with Crippen LogP contribution in [0.1, 0.15) is 12.0 Å². The maximum absolute atomic E-state index is 11.1. The highest BCUT2D eigenvalue weighted by molar-refractivity contribution is 5.66. The molecule has 0 spiro atoms. The summed E-state index contributed by atoms with van der Waals surface area (Å²) in [5.41, 5.74) is 1.16. The molecule has 2 bridgehead atoms. The average Bonchev–Trinajstić information content (AvgIpc) is 2.98. The Morgan fingerprint density at radius 2 is 2.16 bits per heavy atom. The molecular weight excluding hydrogens is 242 g/mol. The Morgan fingerprint density at radius 3 is 2.79 bits per heavy atom. The molecule has 2 aliphatic heterocycles. The summed E-state index contributed by atoms with van der Waals surface area (Å²) in [4.78, 5) is 14.7. The minimum absolute atomic E-state index is 0.170. The van der Waals surface area contributed by atoms with Gasteiger partial charge in [0.05, 0.1) is 12.1 Å². The monoisotopic (exact) mass is 257 g/mol. The van der Waals surface area contributed by atoms with Gasteiger partial charge in [0.2, 0.25) is 0 Å². The zero-order valence-electron chi connectivity index (χ0n) is 10.4. The molecule has 3 atom stereocenters. The SMILES string of the molecule is N#C[C@H]1[C@@H]2C[C@@H](CN2C(=O)O)N1Cc1ccccc1. The fourth-order valence-electron chi connectivity index (χ4n) is 3.23. The number of piperazine rings is 1. The van der Waals surface area contributed by atoms with E-state index >= 15 is 0 Å². The summed E-state index contributed by atoms with van der Waals surface area (Å²) < 4.78 is 0. The van der Waals surface area contributed by atoms with Crippen molar-refractivity contribution in [2.24, 2.45) is 0 Å². The third-order valence-corrected chi connectivity index (χ3v) is 4.10. The zero-order chi connectivity index (χ0) is 13.4. The number of amides is 1. The fourth-order valence-corrected chi connectivity index (χ4v) is 3.23. The number of nitrogens with zero attached hydrogens (tertiary/aromatic N) is 3. The quantitative estimate of drug-likeness (QED) is 0.872. The van der Waals surface area contributed by atoms with E-state index in [1.807, 2.05) is 30.3 Å². The lowest BCUT2D eigenvalue weighted by atomic mass is 10.1. The van der Waals surface area contributed by atoms with Gasteiger partial charge in [0, 0.05) is 19.1 Å². The van der Waals surface area contributed by atoms with Crippen LogP contribution in [0.15, 0.2) is 30.3 Å². The van der Waals surface area contributed by atoms with Crippen molar-refractivity contribution in [2.75, 3.05) is 6.54 Å². The standard InChI is InChI=1S/C14H15N3O2/c15-7-13-12-6-11(9-17(12)14(18)19)16(13)8-10-4-2-1-3-5-10/h1-5,11-13H,6,8-9H2,(H,18,19)/t11-,12-,13-/m0/s1.